The van der Waals surface area contributed by atoms with Crippen LogP contribution in [-0.2, 0) is 26.1 Å². The van der Waals surface area contributed by atoms with Gasteiger partial charge in [0.15, 0.2) is 11.3 Å². The number of fused-ring (bicyclic) bond motifs is 4. The third kappa shape index (κ3) is 9.01. The molecule has 19 heteroatoms. The maximum absolute atomic E-state index is 14.3. The Bertz CT molecular complexity index is 2620. The van der Waals surface area contributed by atoms with Crippen molar-refractivity contribution in [2.75, 3.05) is 54.9 Å². The van der Waals surface area contributed by atoms with Gasteiger partial charge < -0.3 is 29.9 Å². The van der Waals surface area contributed by atoms with E-state index in [0.29, 0.717) is 43.0 Å². The van der Waals surface area contributed by atoms with Crippen LogP contribution in [0.3, 0.4) is 0 Å². The number of aromatic nitrogens is 7. The molecule has 8 heterocycles. The second-order valence-corrected chi connectivity index (χ2v) is 19.8. The molecule has 356 valence electrons. The van der Waals surface area contributed by atoms with Crippen LogP contribution in [-0.4, -0.2) is 120 Å². The van der Waals surface area contributed by atoms with E-state index in [1.54, 1.807) is 17.1 Å². The number of imide groups is 1. The van der Waals surface area contributed by atoms with Gasteiger partial charge in [-0.15, -0.1) is 0 Å². The summed E-state index contributed by atoms with van der Waals surface area (Å²) in [5.74, 6) is 0.353. The minimum Gasteiger partial charge on any atom is -0.383 e. The number of anilines is 3. The molecule has 4 aliphatic heterocycles. The van der Waals surface area contributed by atoms with E-state index >= 15 is 0 Å². The van der Waals surface area contributed by atoms with Crippen LogP contribution in [0.5, 0.6) is 0 Å². The van der Waals surface area contributed by atoms with Crippen LogP contribution < -0.4 is 20.9 Å². The predicted molar refractivity (Wildman–Crippen MR) is 245 cm³/mol. The van der Waals surface area contributed by atoms with Crippen LogP contribution in [0, 0.1) is 11.8 Å². The second-order valence-electron chi connectivity index (χ2n) is 19.8. The summed E-state index contributed by atoms with van der Waals surface area (Å²) in [6, 6.07) is 8.21. The van der Waals surface area contributed by atoms with Crippen LogP contribution in [0.25, 0.3) is 16.6 Å². The van der Waals surface area contributed by atoms with Crippen LogP contribution in [0.4, 0.5) is 26.0 Å². The highest BCUT2D eigenvalue weighted by Gasteiger charge is 2.40. The van der Waals surface area contributed by atoms with Crippen LogP contribution in [0.2, 0.25) is 0 Å². The summed E-state index contributed by atoms with van der Waals surface area (Å²) in [6.45, 7) is 5.34. The smallest absolute Gasteiger partial charge is 0.284 e. The molecular weight excluding hydrogens is 863 g/mol. The average molecular weight is 923 g/mol. The number of ether oxygens (including phenoxy) is 2. The number of carbonyl (C=O) groups excluding carboxylic acids is 3. The molecule has 6 aliphatic rings. The number of aryl methyl sites for hydroxylation is 1. The number of para-hydroxylation sites is 1. The highest BCUT2D eigenvalue weighted by Crippen LogP contribution is 2.38. The number of hydrogen-bond donors (Lipinski definition) is 3. The van der Waals surface area contributed by atoms with Crippen molar-refractivity contribution in [3.05, 3.63) is 59.8 Å². The molecule has 4 saturated heterocycles. The Morgan fingerprint density at radius 1 is 0.940 bits per heavy atom. The number of benzene rings is 1. The normalized spacial score (nSPS) is 27.4. The monoisotopic (exact) mass is 922 g/mol. The first-order valence-electron chi connectivity index (χ1n) is 24.4. The van der Waals surface area contributed by atoms with Crippen LogP contribution >= 0.6 is 0 Å². The molecular formula is C48H60F2N12O5. The number of piperidine rings is 2. The van der Waals surface area contributed by atoms with Gasteiger partial charge in [0.1, 0.15) is 11.4 Å². The van der Waals surface area contributed by atoms with Gasteiger partial charge in [-0.05, 0) is 101 Å². The molecule has 2 saturated carbocycles. The zero-order chi connectivity index (χ0) is 45.8. The lowest BCUT2D eigenvalue weighted by molar-refractivity contribution is -0.134. The number of alkyl halides is 2. The van der Waals surface area contributed by atoms with E-state index in [1.807, 2.05) is 29.9 Å². The standard InChI is InChI=1S/C48H60F2N12O5/c1-58-44-35(42(56-58)36-13-14-41(63)55-47(36)64)3-2-4-38(44)51-22-28-7-11-32(12-8-28)67-33-15-18-59(19-16-33)24-29-5-9-30(10-6-29)62-26-39(43(57-62)45(49)50)53-48(65)37-23-52-61-20-17-40(54-46(37)61)60-25-34-21-31(60)27-66-34/h2-4,17,20,23,26,28-34,36,45,51H,5-16,18-19,21-22,24-25,27H2,1H3,(H,53,65)(H,55,63,64)/t28?,29?,30?,31-,32?,34-,36?/m1/s1. The Balaban J connectivity index is 0.615. The molecule has 1 unspecified atom stereocenters. The van der Waals surface area contributed by atoms with Gasteiger partial charge in [-0.1, -0.05) is 12.1 Å². The van der Waals surface area contributed by atoms with E-state index in [2.05, 4.69) is 42.0 Å². The van der Waals surface area contributed by atoms with Crippen molar-refractivity contribution in [3.63, 3.8) is 0 Å². The Kier molecular flexibility index (Phi) is 12.2. The summed E-state index contributed by atoms with van der Waals surface area (Å²) < 4.78 is 46.1. The fourth-order valence-electron chi connectivity index (χ4n) is 11.8. The quantitative estimate of drug-likeness (QED) is 0.111. The number of likely N-dealkylation sites (tertiary alicyclic amines) is 1. The van der Waals surface area contributed by atoms with Gasteiger partial charge in [-0.3, -0.25) is 29.1 Å². The zero-order valence-electron chi connectivity index (χ0n) is 38.0. The number of morpholine rings is 1. The van der Waals surface area contributed by atoms with Gasteiger partial charge in [-0.2, -0.15) is 15.3 Å². The van der Waals surface area contributed by atoms with Gasteiger partial charge in [0, 0.05) is 64.0 Å². The fraction of sp³-hybridized carbons (Fsp3) is 0.604. The molecule has 3 N–H and O–H groups in total. The molecule has 5 aromatic rings. The van der Waals surface area contributed by atoms with E-state index < -0.39 is 23.9 Å². The summed E-state index contributed by atoms with van der Waals surface area (Å²) >= 11 is 0. The number of hydrogen-bond acceptors (Lipinski definition) is 12. The van der Waals surface area contributed by atoms with E-state index in [9.17, 15) is 23.2 Å². The van der Waals surface area contributed by atoms with Crippen LogP contribution in [0.15, 0.2) is 42.9 Å². The SMILES string of the molecule is Cn1nc(C2CCC(=O)NC2=O)c2cccc(NCC3CCC(OC4CCN(CC5CCC(n6cc(NC(=O)c7cnn8ccc(N9C[C@H]%10C[C@@H]9CO%10)nc78)c(C(F)F)n6)CC5)CC4)CC3)c21. The van der Waals surface area contributed by atoms with Crippen molar-refractivity contribution in [3.8, 4) is 0 Å². The van der Waals surface area contributed by atoms with Crippen molar-refractivity contribution < 1.29 is 32.6 Å². The topological polar surface area (TPSA) is 178 Å². The first-order chi connectivity index (χ1) is 32.6. The number of rotatable bonds is 13. The first-order valence-corrected chi connectivity index (χ1v) is 24.4. The molecule has 2 bridgehead atoms. The van der Waals surface area contributed by atoms with Crippen molar-refractivity contribution >= 4 is 51.5 Å². The molecule has 0 radical (unpaired) electrons. The molecule has 1 aromatic carbocycles. The summed E-state index contributed by atoms with van der Waals surface area (Å²) in [5.41, 5.74) is 2.88. The minimum atomic E-state index is -2.84. The molecule has 3 atom stereocenters. The molecule has 0 spiro atoms. The maximum atomic E-state index is 14.3. The number of nitrogens with one attached hydrogen (secondary N) is 3. The Hall–Kier alpha value is -5.53. The van der Waals surface area contributed by atoms with E-state index in [-0.39, 0.29) is 47.4 Å². The molecule has 6 fully saturated rings. The van der Waals surface area contributed by atoms with Crippen molar-refractivity contribution in [1.82, 2.24) is 44.4 Å². The Labute approximate surface area is 387 Å². The largest absolute Gasteiger partial charge is 0.383 e. The lowest BCUT2D eigenvalue weighted by Gasteiger charge is -2.38. The summed E-state index contributed by atoms with van der Waals surface area (Å²) in [6.07, 6.45) is 14.5. The number of halogens is 2. The molecule has 67 heavy (non-hydrogen) atoms. The number of nitrogens with zero attached hydrogens (tertiary/aromatic N) is 9. The number of carbonyl (C=O) groups is 3. The highest BCUT2D eigenvalue weighted by molar-refractivity contribution is 6.08. The summed E-state index contributed by atoms with van der Waals surface area (Å²) in [4.78, 5) is 47.5. The van der Waals surface area contributed by atoms with Gasteiger partial charge in [0.05, 0.1) is 71.7 Å². The third-order valence-electron chi connectivity index (χ3n) is 15.5. The molecule has 4 aromatic heterocycles. The maximum Gasteiger partial charge on any atom is 0.284 e. The average Bonchev–Trinajstić information content (AvgIpc) is 4.19. The third-order valence-corrected chi connectivity index (χ3v) is 15.5. The minimum absolute atomic E-state index is 0.0131. The van der Waals surface area contributed by atoms with Gasteiger partial charge >= 0.3 is 0 Å². The Morgan fingerprint density at radius 2 is 1.73 bits per heavy atom. The van der Waals surface area contributed by atoms with Gasteiger partial charge in [0.2, 0.25) is 11.8 Å². The predicted octanol–water partition coefficient (Wildman–Crippen LogP) is 6.38. The lowest BCUT2D eigenvalue weighted by Crippen LogP contribution is -2.41. The molecule has 3 amide bonds. The van der Waals surface area contributed by atoms with Crippen LogP contribution in [0.1, 0.15) is 124 Å². The van der Waals surface area contributed by atoms with E-state index in [0.717, 1.165) is 131 Å². The Morgan fingerprint density at radius 3 is 2.48 bits per heavy atom. The summed E-state index contributed by atoms with van der Waals surface area (Å²) in [5, 5.41) is 23.2. The van der Waals surface area contributed by atoms with Crippen molar-refractivity contribution in [2.24, 2.45) is 18.9 Å². The zero-order valence-corrected chi connectivity index (χ0v) is 38.0. The molecule has 11 rings (SSSR count). The first kappa shape index (κ1) is 44.0. The molecule has 2 aliphatic carbocycles. The number of amides is 3. The molecule has 17 nitrogen and oxygen atoms in total. The lowest BCUT2D eigenvalue weighted by atomic mass is 9.85. The summed E-state index contributed by atoms with van der Waals surface area (Å²) in [7, 11) is 1.91. The van der Waals surface area contributed by atoms with E-state index in [1.165, 1.54) is 10.7 Å². The van der Waals surface area contributed by atoms with E-state index in [4.69, 9.17) is 19.6 Å². The highest BCUT2D eigenvalue weighted by atomic mass is 19.3. The second kappa shape index (κ2) is 18.5. The van der Waals surface area contributed by atoms with Crippen molar-refractivity contribution in [2.45, 2.75) is 126 Å². The fourth-order valence-corrected chi connectivity index (χ4v) is 11.8. The van der Waals surface area contributed by atoms with Gasteiger partial charge in [-0.25, -0.2) is 18.3 Å². The van der Waals surface area contributed by atoms with Crippen molar-refractivity contribution in [1.29, 1.82) is 0 Å². The van der Waals surface area contributed by atoms with Gasteiger partial charge in [0.25, 0.3) is 12.3 Å².